The van der Waals surface area contributed by atoms with Gasteiger partial charge in [-0.05, 0) is 37.6 Å². The van der Waals surface area contributed by atoms with Crippen molar-refractivity contribution in [2.45, 2.75) is 13.8 Å². The van der Waals surface area contributed by atoms with Crippen molar-refractivity contribution in [2.24, 2.45) is 0 Å². The molecule has 0 unspecified atom stereocenters. The summed E-state index contributed by atoms with van der Waals surface area (Å²) in [4.78, 5) is 24.2. The van der Waals surface area contributed by atoms with E-state index in [2.05, 4.69) is 21.2 Å². The Morgan fingerprint density at radius 2 is 2.10 bits per heavy atom. The van der Waals surface area contributed by atoms with Crippen LogP contribution in [-0.2, 0) is 9.59 Å². The Morgan fingerprint density at radius 1 is 1.38 bits per heavy atom. The monoisotopic (exact) mass is 354 g/mol. The van der Waals surface area contributed by atoms with Crippen molar-refractivity contribution in [3.05, 3.63) is 34.3 Å². The number of anilines is 1. The van der Waals surface area contributed by atoms with Gasteiger partial charge in [-0.2, -0.15) is 0 Å². The molecule has 0 aliphatic heterocycles. The van der Waals surface area contributed by atoms with Gasteiger partial charge in [0, 0.05) is 29.3 Å². The Kier molecular flexibility index (Phi) is 6.94. The van der Waals surface area contributed by atoms with Gasteiger partial charge in [0.15, 0.2) is 0 Å². The molecule has 0 aliphatic carbocycles. The third-order valence-electron chi connectivity index (χ3n) is 2.84. The van der Waals surface area contributed by atoms with E-state index in [0.717, 1.165) is 21.8 Å². The number of hydrogen-bond donors (Lipinski definition) is 2. The first-order chi connectivity index (χ1) is 9.97. The Labute approximate surface area is 132 Å². The third-order valence-corrected chi connectivity index (χ3v) is 3.53. The number of halogens is 1. The normalized spacial score (nSPS) is 10.6. The quantitative estimate of drug-likeness (QED) is 0.738. The molecule has 0 aromatic heterocycles. The molecule has 0 saturated carbocycles. The second-order valence-corrected chi connectivity index (χ2v) is 5.20. The molecule has 0 aliphatic rings. The number of nitrogens with one attached hydrogen (secondary N) is 1. The summed E-state index contributed by atoms with van der Waals surface area (Å²) in [5.41, 5.74) is 1.68. The van der Waals surface area contributed by atoms with E-state index in [1.807, 2.05) is 36.9 Å². The van der Waals surface area contributed by atoms with Crippen LogP contribution >= 0.6 is 15.9 Å². The van der Waals surface area contributed by atoms with Crippen LogP contribution in [0.3, 0.4) is 0 Å². The van der Waals surface area contributed by atoms with E-state index in [4.69, 9.17) is 5.11 Å². The molecule has 1 aromatic carbocycles. The molecule has 21 heavy (non-hydrogen) atoms. The molecule has 5 nitrogen and oxygen atoms in total. The molecule has 0 spiro atoms. The maximum Gasteiger partial charge on any atom is 0.328 e. The number of amides is 1. The fourth-order valence-electron chi connectivity index (χ4n) is 1.82. The van der Waals surface area contributed by atoms with E-state index >= 15 is 0 Å². The molecule has 1 amide bonds. The zero-order valence-corrected chi connectivity index (χ0v) is 13.7. The number of carboxylic acid groups (broad SMARTS) is 1. The van der Waals surface area contributed by atoms with E-state index in [9.17, 15) is 9.59 Å². The molecule has 2 N–H and O–H groups in total. The summed E-state index contributed by atoms with van der Waals surface area (Å²) in [5.74, 6) is -1.01. The van der Waals surface area contributed by atoms with Crippen molar-refractivity contribution in [1.82, 2.24) is 5.32 Å². The minimum Gasteiger partial charge on any atom is -0.478 e. The second kappa shape index (κ2) is 8.46. The van der Waals surface area contributed by atoms with Gasteiger partial charge in [0.2, 0.25) is 5.91 Å². The van der Waals surface area contributed by atoms with Crippen LogP contribution in [0.5, 0.6) is 0 Å². The molecule has 0 saturated heterocycles. The number of carbonyl (C=O) groups excluding carboxylic acids is 1. The predicted octanol–water partition coefficient (Wildman–Crippen LogP) is 2.51. The first-order valence-corrected chi connectivity index (χ1v) is 7.49. The topological polar surface area (TPSA) is 69.6 Å². The lowest BCUT2D eigenvalue weighted by Gasteiger charge is -2.23. The van der Waals surface area contributed by atoms with E-state index in [0.29, 0.717) is 19.6 Å². The fraction of sp³-hybridized carbons (Fsp3) is 0.333. The van der Waals surface area contributed by atoms with Gasteiger partial charge < -0.3 is 15.3 Å². The molecule has 1 rings (SSSR count). The Balaban J connectivity index is 2.89. The molecule has 0 atom stereocenters. The summed E-state index contributed by atoms with van der Waals surface area (Å²) in [6, 6.07) is 5.57. The van der Waals surface area contributed by atoms with Crippen LogP contribution in [0, 0.1) is 0 Å². The fourth-order valence-corrected chi connectivity index (χ4v) is 2.32. The minimum absolute atomic E-state index is 0.0228. The van der Waals surface area contributed by atoms with Crippen LogP contribution < -0.4 is 10.2 Å². The lowest BCUT2D eigenvalue weighted by atomic mass is 10.1. The third kappa shape index (κ3) is 5.59. The van der Waals surface area contributed by atoms with Crippen molar-refractivity contribution in [2.75, 3.05) is 24.5 Å². The highest BCUT2D eigenvalue weighted by Gasteiger charge is 2.10. The highest BCUT2D eigenvalue weighted by atomic mass is 79.9. The first kappa shape index (κ1) is 17.2. The molecule has 1 aromatic rings. The smallest absolute Gasteiger partial charge is 0.328 e. The number of carboxylic acids is 1. The van der Waals surface area contributed by atoms with Crippen molar-refractivity contribution in [3.8, 4) is 0 Å². The summed E-state index contributed by atoms with van der Waals surface area (Å²) < 4.78 is 0.784. The molecular formula is C15H19BrN2O3. The van der Waals surface area contributed by atoms with Crippen LogP contribution in [0.15, 0.2) is 28.7 Å². The average molecular weight is 355 g/mol. The SMILES string of the molecule is CCNC(=O)CN(CC)c1ccc(/C=C/C(=O)O)c(Br)c1. The minimum atomic E-state index is -0.989. The van der Waals surface area contributed by atoms with Gasteiger partial charge in [-0.15, -0.1) is 0 Å². The zero-order valence-electron chi connectivity index (χ0n) is 12.1. The van der Waals surface area contributed by atoms with Gasteiger partial charge in [0.1, 0.15) is 0 Å². The van der Waals surface area contributed by atoms with Crippen molar-refractivity contribution >= 4 is 39.6 Å². The second-order valence-electron chi connectivity index (χ2n) is 4.35. The van der Waals surface area contributed by atoms with Crippen molar-refractivity contribution in [1.29, 1.82) is 0 Å². The average Bonchev–Trinajstić information content (AvgIpc) is 2.43. The molecule has 0 radical (unpaired) electrons. The zero-order chi connectivity index (χ0) is 15.8. The lowest BCUT2D eigenvalue weighted by molar-refractivity contribution is -0.131. The Morgan fingerprint density at radius 3 is 2.62 bits per heavy atom. The van der Waals surface area contributed by atoms with E-state index < -0.39 is 5.97 Å². The van der Waals surface area contributed by atoms with E-state index in [1.54, 1.807) is 0 Å². The van der Waals surface area contributed by atoms with Gasteiger partial charge in [-0.25, -0.2) is 4.79 Å². The van der Waals surface area contributed by atoms with Crippen molar-refractivity contribution in [3.63, 3.8) is 0 Å². The number of carbonyl (C=O) groups is 2. The van der Waals surface area contributed by atoms with Gasteiger partial charge in [-0.3, -0.25) is 4.79 Å². The van der Waals surface area contributed by atoms with Crippen LogP contribution in [0.4, 0.5) is 5.69 Å². The highest BCUT2D eigenvalue weighted by Crippen LogP contribution is 2.25. The van der Waals surface area contributed by atoms with E-state index in [-0.39, 0.29) is 5.91 Å². The summed E-state index contributed by atoms with van der Waals surface area (Å²) in [7, 11) is 0. The van der Waals surface area contributed by atoms with Crippen molar-refractivity contribution < 1.29 is 14.7 Å². The molecule has 0 heterocycles. The molecular weight excluding hydrogens is 336 g/mol. The van der Waals surface area contributed by atoms with Crippen LogP contribution in [-0.4, -0.2) is 36.6 Å². The summed E-state index contributed by atoms with van der Waals surface area (Å²) in [6.07, 6.45) is 2.61. The number of nitrogens with zero attached hydrogens (tertiary/aromatic N) is 1. The molecule has 6 heteroatoms. The highest BCUT2D eigenvalue weighted by molar-refractivity contribution is 9.10. The number of likely N-dealkylation sites (N-methyl/N-ethyl adjacent to an activating group) is 2. The van der Waals surface area contributed by atoms with E-state index in [1.165, 1.54) is 6.08 Å². The predicted molar refractivity (Wildman–Crippen MR) is 87.4 cm³/mol. The standard InChI is InChI=1S/C15H19BrN2O3/c1-3-17-14(19)10-18(4-2)12-7-5-11(13(16)9-12)6-8-15(20)21/h5-9H,3-4,10H2,1-2H3,(H,17,19)(H,20,21)/b8-6+. The summed E-state index contributed by atoms with van der Waals surface area (Å²) in [5, 5.41) is 11.4. The maximum absolute atomic E-state index is 11.7. The molecule has 0 bridgehead atoms. The number of benzene rings is 1. The first-order valence-electron chi connectivity index (χ1n) is 6.70. The Bertz CT molecular complexity index is 544. The van der Waals surface area contributed by atoms with Gasteiger partial charge in [0.25, 0.3) is 0 Å². The molecule has 114 valence electrons. The Hall–Kier alpha value is -1.82. The van der Waals surface area contributed by atoms with Crippen LogP contribution in [0.2, 0.25) is 0 Å². The van der Waals surface area contributed by atoms with Gasteiger partial charge in [-0.1, -0.05) is 22.0 Å². The summed E-state index contributed by atoms with van der Waals surface area (Å²) >= 11 is 3.42. The number of hydrogen-bond acceptors (Lipinski definition) is 3. The number of aliphatic carboxylic acids is 1. The molecule has 0 fully saturated rings. The van der Waals surface area contributed by atoms with Crippen LogP contribution in [0.1, 0.15) is 19.4 Å². The van der Waals surface area contributed by atoms with Crippen LogP contribution in [0.25, 0.3) is 6.08 Å². The summed E-state index contributed by atoms with van der Waals surface area (Å²) in [6.45, 7) is 5.47. The van der Waals surface area contributed by atoms with Gasteiger partial charge >= 0.3 is 5.97 Å². The largest absolute Gasteiger partial charge is 0.478 e. The number of rotatable bonds is 7. The lowest BCUT2D eigenvalue weighted by Crippen LogP contribution is -2.37. The van der Waals surface area contributed by atoms with Gasteiger partial charge in [0.05, 0.1) is 6.54 Å². The maximum atomic E-state index is 11.7.